The fraction of sp³-hybridized carbons (Fsp3) is 1.00. The number of thioether (sulfide) groups is 1. The lowest BCUT2D eigenvalue weighted by atomic mass is 10.1. The Kier molecular flexibility index (Phi) is 1.63. The molecule has 7 heavy (non-hydrogen) atoms. The van der Waals surface area contributed by atoms with Crippen molar-refractivity contribution in [3.63, 3.8) is 0 Å². The van der Waals surface area contributed by atoms with Gasteiger partial charge in [-0.1, -0.05) is 13.8 Å². The summed E-state index contributed by atoms with van der Waals surface area (Å²) in [6.07, 6.45) is 1.44. The van der Waals surface area contributed by atoms with Crippen LogP contribution in [0, 0.1) is 5.92 Å². The maximum absolute atomic E-state index is 2.33. The molecular weight excluding hydrogens is 104 g/mol. The zero-order valence-corrected chi connectivity index (χ0v) is 5.79. The summed E-state index contributed by atoms with van der Waals surface area (Å²) < 4.78 is 0. The summed E-state index contributed by atoms with van der Waals surface area (Å²) in [7, 11) is 0. The minimum absolute atomic E-state index is 0.940. The van der Waals surface area contributed by atoms with Crippen molar-refractivity contribution in [2.45, 2.75) is 25.5 Å². The van der Waals surface area contributed by atoms with Crippen LogP contribution in [-0.4, -0.2) is 11.0 Å². The normalized spacial score (nSPS) is 42.0. The molecule has 0 aliphatic carbocycles. The van der Waals surface area contributed by atoms with Gasteiger partial charge in [-0.05, 0) is 18.1 Å². The van der Waals surface area contributed by atoms with Crippen LogP contribution >= 0.6 is 11.8 Å². The maximum atomic E-state index is 2.33. The Morgan fingerprint density at radius 3 is 2.29 bits per heavy atom. The Morgan fingerprint density at radius 2 is 2.14 bits per heavy atom. The minimum atomic E-state index is 0.940. The van der Waals surface area contributed by atoms with Crippen LogP contribution in [0.3, 0.4) is 0 Å². The highest BCUT2D eigenvalue weighted by molar-refractivity contribution is 8.00. The zero-order chi connectivity index (χ0) is 5.28. The molecule has 1 heterocycles. The van der Waals surface area contributed by atoms with E-state index in [0.717, 1.165) is 11.2 Å². The first-order chi connectivity index (χ1) is 3.29. The summed E-state index contributed by atoms with van der Waals surface area (Å²) in [6, 6.07) is 0. The molecule has 0 N–H and O–H groups in total. The van der Waals surface area contributed by atoms with Crippen molar-refractivity contribution in [3.8, 4) is 0 Å². The van der Waals surface area contributed by atoms with E-state index in [4.69, 9.17) is 0 Å². The van der Waals surface area contributed by atoms with Crippen LogP contribution in [0.15, 0.2) is 0 Å². The molecule has 1 rings (SSSR count). The standard InChI is InChI=1S/C6H12S/c1-5-3-6(2)7-4-5/h5-6H,3-4H2,1-2H3/t5?,6-/m0/s1. The zero-order valence-electron chi connectivity index (χ0n) is 4.98. The largest absolute Gasteiger partial charge is 0.159 e. The number of rotatable bonds is 0. The Hall–Kier alpha value is 0.350. The third kappa shape index (κ3) is 1.37. The molecule has 0 aromatic carbocycles. The van der Waals surface area contributed by atoms with Gasteiger partial charge in [-0.15, -0.1) is 0 Å². The molecule has 1 saturated heterocycles. The third-order valence-electron chi connectivity index (χ3n) is 1.40. The first-order valence-corrected chi connectivity index (χ1v) is 3.95. The van der Waals surface area contributed by atoms with Crippen molar-refractivity contribution in [2.75, 3.05) is 5.75 Å². The predicted octanol–water partition coefficient (Wildman–Crippen LogP) is 2.15. The molecule has 0 aromatic rings. The van der Waals surface area contributed by atoms with E-state index >= 15 is 0 Å². The fourth-order valence-electron chi connectivity index (χ4n) is 1.03. The van der Waals surface area contributed by atoms with Gasteiger partial charge in [0.05, 0.1) is 0 Å². The van der Waals surface area contributed by atoms with Crippen LogP contribution in [-0.2, 0) is 0 Å². The first kappa shape index (κ1) is 5.49. The van der Waals surface area contributed by atoms with Crippen molar-refractivity contribution in [3.05, 3.63) is 0 Å². The van der Waals surface area contributed by atoms with E-state index in [0.29, 0.717) is 0 Å². The smallest absolute Gasteiger partial charge is 0.00216 e. The average Bonchev–Trinajstić information content (AvgIpc) is 1.87. The van der Waals surface area contributed by atoms with Gasteiger partial charge >= 0.3 is 0 Å². The average molecular weight is 116 g/mol. The fourth-order valence-corrected chi connectivity index (χ4v) is 2.29. The van der Waals surface area contributed by atoms with E-state index in [1.54, 1.807) is 0 Å². The predicted molar refractivity (Wildman–Crippen MR) is 35.7 cm³/mol. The minimum Gasteiger partial charge on any atom is -0.159 e. The van der Waals surface area contributed by atoms with E-state index in [-0.39, 0.29) is 0 Å². The molecule has 1 aliphatic heterocycles. The second-order valence-corrected chi connectivity index (χ2v) is 3.96. The van der Waals surface area contributed by atoms with Crippen LogP contribution in [0.2, 0.25) is 0 Å². The molecule has 0 saturated carbocycles. The Labute approximate surface area is 49.7 Å². The second-order valence-electron chi connectivity index (χ2n) is 2.48. The summed E-state index contributed by atoms with van der Waals surface area (Å²) >= 11 is 2.11. The van der Waals surface area contributed by atoms with Crippen molar-refractivity contribution >= 4 is 11.8 Å². The van der Waals surface area contributed by atoms with Gasteiger partial charge in [-0.2, -0.15) is 11.8 Å². The van der Waals surface area contributed by atoms with E-state index in [2.05, 4.69) is 25.6 Å². The molecule has 1 unspecified atom stereocenters. The number of hydrogen-bond acceptors (Lipinski definition) is 1. The van der Waals surface area contributed by atoms with Gasteiger partial charge < -0.3 is 0 Å². The lowest BCUT2D eigenvalue weighted by Crippen LogP contribution is -1.90. The summed E-state index contributed by atoms with van der Waals surface area (Å²) in [6.45, 7) is 4.64. The van der Waals surface area contributed by atoms with Gasteiger partial charge in [0, 0.05) is 5.25 Å². The van der Waals surface area contributed by atoms with Crippen LogP contribution in [0.5, 0.6) is 0 Å². The first-order valence-electron chi connectivity index (χ1n) is 2.90. The van der Waals surface area contributed by atoms with Gasteiger partial charge in [0.15, 0.2) is 0 Å². The molecule has 42 valence electrons. The van der Waals surface area contributed by atoms with Gasteiger partial charge in [0.2, 0.25) is 0 Å². The Balaban J connectivity index is 2.26. The van der Waals surface area contributed by atoms with Crippen LogP contribution in [0.25, 0.3) is 0 Å². The van der Waals surface area contributed by atoms with E-state index in [9.17, 15) is 0 Å². The number of hydrogen-bond donors (Lipinski definition) is 0. The third-order valence-corrected chi connectivity index (χ3v) is 2.92. The van der Waals surface area contributed by atoms with Crippen molar-refractivity contribution in [2.24, 2.45) is 5.92 Å². The van der Waals surface area contributed by atoms with Gasteiger partial charge in [0.25, 0.3) is 0 Å². The summed E-state index contributed by atoms with van der Waals surface area (Å²) in [5.41, 5.74) is 0. The summed E-state index contributed by atoms with van der Waals surface area (Å²) in [5, 5.41) is 0.940. The van der Waals surface area contributed by atoms with E-state index in [1.165, 1.54) is 12.2 Å². The van der Waals surface area contributed by atoms with E-state index in [1.807, 2.05) is 0 Å². The Bertz CT molecular complexity index is 53.2. The van der Waals surface area contributed by atoms with Crippen molar-refractivity contribution < 1.29 is 0 Å². The molecule has 1 heteroatoms. The lowest BCUT2D eigenvalue weighted by Gasteiger charge is -1.94. The van der Waals surface area contributed by atoms with Crippen LogP contribution in [0.1, 0.15) is 20.3 Å². The molecular formula is C6H12S. The quantitative estimate of drug-likeness (QED) is 0.467. The SMILES string of the molecule is CC1CS[C@@H](C)C1. The highest BCUT2D eigenvalue weighted by Crippen LogP contribution is 2.29. The molecule has 0 radical (unpaired) electrons. The second kappa shape index (κ2) is 2.08. The van der Waals surface area contributed by atoms with Crippen molar-refractivity contribution in [1.82, 2.24) is 0 Å². The molecule has 1 fully saturated rings. The topological polar surface area (TPSA) is 0 Å². The monoisotopic (exact) mass is 116 g/mol. The lowest BCUT2D eigenvalue weighted by molar-refractivity contribution is 0.626. The van der Waals surface area contributed by atoms with Gasteiger partial charge in [0.1, 0.15) is 0 Å². The maximum Gasteiger partial charge on any atom is 0.00216 e. The summed E-state index contributed by atoms with van der Waals surface area (Å²) in [5.74, 6) is 2.38. The van der Waals surface area contributed by atoms with Crippen LogP contribution < -0.4 is 0 Å². The van der Waals surface area contributed by atoms with Gasteiger partial charge in [-0.3, -0.25) is 0 Å². The highest BCUT2D eigenvalue weighted by Gasteiger charge is 2.16. The molecule has 0 nitrogen and oxygen atoms in total. The Morgan fingerprint density at radius 1 is 1.43 bits per heavy atom. The molecule has 2 atom stereocenters. The molecule has 0 amide bonds. The molecule has 1 aliphatic rings. The van der Waals surface area contributed by atoms with Gasteiger partial charge in [-0.25, -0.2) is 0 Å². The molecule has 0 spiro atoms. The van der Waals surface area contributed by atoms with Crippen LogP contribution in [0.4, 0.5) is 0 Å². The summed E-state index contributed by atoms with van der Waals surface area (Å²) in [4.78, 5) is 0. The van der Waals surface area contributed by atoms with Crippen molar-refractivity contribution in [1.29, 1.82) is 0 Å². The highest BCUT2D eigenvalue weighted by atomic mass is 32.2. The molecule has 0 aromatic heterocycles. The van der Waals surface area contributed by atoms with E-state index < -0.39 is 0 Å². The molecule has 0 bridgehead atoms.